The van der Waals surface area contributed by atoms with E-state index in [2.05, 4.69) is 15.5 Å². The minimum absolute atomic E-state index is 0.0919. The van der Waals surface area contributed by atoms with Crippen molar-refractivity contribution in [3.8, 4) is 0 Å². The molecule has 2 rings (SSSR count). The van der Waals surface area contributed by atoms with Crippen LogP contribution in [0.25, 0.3) is 0 Å². The van der Waals surface area contributed by atoms with Crippen LogP contribution in [0.5, 0.6) is 0 Å². The predicted molar refractivity (Wildman–Crippen MR) is 63.6 cm³/mol. The second kappa shape index (κ2) is 5.31. The molecule has 5 heteroatoms. The Morgan fingerprint density at radius 1 is 1.71 bits per heavy atom. The summed E-state index contributed by atoms with van der Waals surface area (Å²) in [4.78, 5) is 11.9. The first kappa shape index (κ1) is 12.1. The van der Waals surface area contributed by atoms with Gasteiger partial charge in [-0.3, -0.25) is 9.89 Å². The normalized spacial score (nSPS) is 16.8. The highest BCUT2D eigenvalue weighted by molar-refractivity contribution is 5.92. The zero-order valence-corrected chi connectivity index (χ0v) is 10.1. The van der Waals surface area contributed by atoms with E-state index in [0.29, 0.717) is 18.0 Å². The molecule has 0 bridgehead atoms. The number of aromatic nitrogens is 2. The average Bonchev–Trinajstić information content (AvgIpc) is 3.06. The zero-order valence-electron chi connectivity index (χ0n) is 10.1. The molecule has 94 valence electrons. The van der Waals surface area contributed by atoms with Crippen LogP contribution in [0.15, 0.2) is 6.07 Å². The Bertz CT molecular complexity index is 385. The summed E-state index contributed by atoms with van der Waals surface area (Å²) in [6.45, 7) is 2.12. The van der Waals surface area contributed by atoms with Crippen molar-refractivity contribution in [3.05, 3.63) is 17.5 Å². The SMILES string of the molecule is CCc1cc(C(=O)NC(CCO)C2CC2)n[nH]1. The second-order valence-corrected chi connectivity index (χ2v) is 4.56. The molecule has 1 aromatic heterocycles. The van der Waals surface area contributed by atoms with Crippen LogP contribution >= 0.6 is 0 Å². The number of rotatable bonds is 6. The molecule has 0 spiro atoms. The molecule has 1 aliphatic carbocycles. The quantitative estimate of drug-likeness (QED) is 0.686. The fourth-order valence-electron chi connectivity index (χ4n) is 1.96. The van der Waals surface area contributed by atoms with E-state index >= 15 is 0 Å². The van der Waals surface area contributed by atoms with Gasteiger partial charge in [-0.1, -0.05) is 6.92 Å². The molecule has 3 N–H and O–H groups in total. The molecule has 0 saturated heterocycles. The highest BCUT2D eigenvalue weighted by atomic mass is 16.3. The third-order valence-electron chi connectivity index (χ3n) is 3.19. The van der Waals surface area contributed by atoms with Crippen molar-refractivity contribution in [1.82, 2.24) is 15.5 Å². The van der Waals surface area contributed by atoms with E-state index in [4.69, 9.17) is 5.11 Å². The van der Waals surface area contributed by atoms with Gasteiger partial charge in [0, 0.05) is 18.3 Å². The lowest BCUT2D eigenvalue weighted by atomic mass is 10.1. The van der Waals surface area contributed by atoms with Crippen molar-refractivity contribution in [1.29, 1.82) is 0 Å². The van der Waals surface area contributed by atoms with E-state index in [-0.39, 0.29) is 18.6 Å². The summed E-state index contributed by atoms with van der Waals surface area (Å²) in [5, 5.41) is 18.7. The van der Waals surface area contributed by atoms with E-state index in [0.717, 1.165) is 25.0 Å². The Morgan fingerprint density at radius 3 is 3.00 bits per heavy atom. The summed E-state index contributed by atoms with van der Waals surface area (Å²) < 4.78 is 0. The van der Waals surface area contributed by atoms with Crippen molar-refractivity contribution >= 4 is 5.91 Å². The largest absolute Gasteiger partial charge is 0.396 e. The summed E-state index contributed by atoms with van der Waals surface area (Å²) in [6, 6.07) is 1.87. The first-order valence-electron chi connectivity index (χ1n) is 6.20. The van der Waals surface area contributed by atoms with E-state index in [1.54, 1.807) is 6.07 Å². The van der Waals surface area contributed by atoms with Crippen LogP contribution in [-0.4, -0.2) is 33.9 Å². The summed E-state index contributed by atoms with van der Waals surface area (Å²) in [6.07, 6.45) is 3.75. The Morgan fingerprint density at radius 2 is 2.47 bits per heavy atom. The molecule has 1 heterocycles. The van der Waals surface area contributed by atoms with Crippen LogP contribution in [0.1, 0.15) is 42.4 Å². The molecule has 1 unspecified atom stereocenters. The van der Waals surface area contributed by atoms with Gasteiger partial charge in [-0.15, -0.1) is 0 Å². The lowest BCUT2D eigenvalue weighted by Crippen LogP contribution is -2.37. The van der Waals surface area contributed by atoms with Gasteiger partial charge < -0.3 is 10.4 Å². The minimum Gasteiger partial charge on any atom is -0.396 e. The first-order chi connectivity index (χ1) is 8.24. The molecule has 1 aromatic rings. The number of nitrogens with one attached hydrogen (secondary N) is 2. The zero-order chi connectivity index (χ0) is 12.3. The molecule has 1 saturated carbocycles. The molecule has 5 nitrogen and oxygen atoms in total. The van der Waals surface area contributed by atoms with Crippen molar-refractivity contribution in [2.75, 3.05) is 6.61 Å². The molecule has 17 heavy (non-hydrogen) atoms. The number of H-pyrrole nitrogens is 1. The number of aliphatic hydroxyl groups is 1. The van der Waals surface area contributed by atoms with E-state index in [1.807, 2.05) is 6.92 Å². The van der Waals surface area contributed by atoms with Crippen LogP contribution in [0, 0.1) is 5.92 Å². The third kappa shape index (κ3) is 3.06. The number of nitrogens with zero attached hydrogens (tertiary/aromatic N) is 1. The molecule has 1 amide bonds. The number of carbonyl (C=O) groups is 1. The van der Waals surface area contributed by atoms with Crippen LogP contribution in [0.2, 0.25) is 0 Å². The fourth-order valence-corrected chi connectivity index (χ4v) is 1.96. The van der Waals surface area contributed by atoms with Gasteiger partial charge >= 0.3 is 0 Å². The van der Waals surface area contributed by atoms with Gasteiger partial charge in [0.15, 0.2) is 0 Å². The summed E-state index contributed by atoms with van der Waals surface area (Å²) in [5.74, 6) is 0.391. The molecule has 1 fully saturated rings. The average molecular weight is 237 g/mol. The Labute approximate surface area is 101 Å². The maximum atomic E-state index is 11.9. The maximum absolute atomic E-state index is 11.9. The van der Waals surface area contributed by atoms with Crippen molar-refractivity contribution in [2.24, 2.45) is 5.92 Å². The highest BCUT2D eigenvalue weighted by Crippen LogP contribution is 2.33. The molecule has 0 aromatic carbocycles. The fraction of sp³-hybridized carbons (Fsp3) is 0.667. The number of hydrogen-bond acceptors (Lipinski definition) is 3. The molecule has 1 aliphatic rings. The van der Waals surface area contributed by atoms with E-state index < -0.39 is 0 Å². The summed E-state index contributed by atoms with van der Waals surface area (Å²) in [7, 11) is 0. The number of amides is 1. The number of carbonyl (C=O) groups excluding carboxylic acids is 1. The third-order valence-corrected chi connectivity index (χ3v) is 3.19. The first-order valence-corrected chi connectivity index (χ1v) is 6.20. The number of aryl methyl sites for hydroxylation is 1. The molecular formula is C12H19N3O2. The smallest absolute Gasteiger partial charge is 0.272 e. The van der Waals surface area contributed by atoms with E-state index in [9.17, 15) is 4.79 Å². The lowest BCUT2D eigenvalue weighted by molar-refractivity contribution is 0.0919. The van der Waals surface area contributed by atoms with Crippen LogP contribution in [0.4, 0.5) is 0 Å². The number of aromatic amines is 1. The summed E-state index contributed by atoms with van der Waals surface area (Å²) >= 11 is 0. The van der Waals surface area contributed by atoms with Gasteiger partial charge in [0.05, 0.1) is 0 Å². The monoisotopic (exact) mass is 237 g/mol. The van der Waals surface area contributed by atoms with Crippen LogP contribution in [-0.2, 0) is 6.42 Å². The minimum atomic E-state index is -0.147. The van der Waals surface area contributed by atoms with Crippen molar-refractivity contribution in [3.63, 3.8) is 0 Å². The van der Waals surface area contributed by atoms with E-state index in [1.165, 1.54) is 0 Å². The van der Waals surface area contributed by atoms with Gasteiger partial charge in [0.25, 0.3) is 5.91 Å². The van der Waals surface area contributed by atoms with Gasteiger partial charge in [-0.05, 0) is 37.7 Å². The number of hydrogen-bond donors (Lipinski definition) is 3. The van der Waals surface area contributed by atoms with Crippen molar-refractivity contribution in [2.45, 2.75) is 38.6 Å². The maximum Gasteiger partial charge on any atom is 0.272 e. The topological polar surface area (TPSA) is 78.0 Å². The van der Waals surface area contributed by atoms with Gasteiger partial charge in [0.1, 0.15) is 5.69 Å². The van der Waals surface area contributed by atoms with Gasteiger partial charge in [0.2, 0.25) is 0 Å². The molecular weight excluding hydrogens is 218 g/mol. The Balaban J connectivity index is 1.94. The van der Waals surface area contributed by atoms with Crippen molar-refractivity contribution < 1.29 is 9.90 Å². The Kier molecular flexibility index (Phi) is 3.78. The second-order valence-electron chi connectivity index (χ2n) is 4.56. The highest BCUT2D eigenvalue weighted by Gasteiger charge is 2.32. The van der Waals surface area contributed by atoms with Gasteiger partial charge in [-0.25, -0.2) is 0 Å². The van der Waals surface area contributed by atoms with Gasteiger partial charge in [-0.2, -0.15) is 5.10 Å². The van der Waals surface area contributed by atoms with Crippen LogP contribution < -0.4 is 5.32 Å². The lowest BCUT2D eigenvalue weighted by Gasteiger charge is -2.15. The standard InChI is InChI=1S/C12H19N3O2/c1-2-9-7-11(15-14-9)12(17)13-10(5-6-16)8-3-4-8/h7-8,10,16H,2-6H2,1H3,(H,13,17)(H,14,15). The number of aliphatic hydroxyl groups excluding tert-OH is 1. The molecule has 0 aliphatic heterocycles. The van der Waals surface area contributed by atoms with Crippen LogP contribution in [0.3, 0.4) is 0 Å². The molecule has 0 radical (unpaired) electrons. The summed E-state index contributed by atoms with van der Waals surface area (Å²) in [5.41, 5.74) is 1.39. The molecule has 1 atom stereocenters. The predicted octanol–water partition coefficient (Wildman–Crippen LogP) is 0.863. The Hall–Kier alpha value is -1.36.